The van der Waals surface area contributed by atoms with E-state index in [0.717, 1.165) is 36.3 Å². The SMILES string of the molecule is COC(=O)N1CCCC1CNc1ccc2ncc(-c3ccncc3OC)n2n1. The Hall–Kier alpha value is -3.36. The molecule has 9 nitrogen and oxygen atoms in total. The van der Waals surface area contributed by atoms with Crippen LogP contribution in [0.1, 0.15) is 12.8 Å². The number of pyridine rings is 1. The Balaban J connectivity index is 1.57. The van der Waals surface area contributed by atoms with E-state index in [9.17, 15) is 4.79 Å². The summed E-state index contributed by atoms with van der Waals surface area (Å²) in [4.78, 5) is 22.1. The smallest absolute Gasteiger partial charge is 0.409 e. The van der Waals surface area contributed by atoms with E-state index in [4.69, 9.17) is 9.47 Å². The Morgan fingerprint density at radius 1 is 1.29 bits per heavy atom. The molecule has 0 spiro atoms. The zero-order chi connectivity index (χ0) is 19.5. The number of anilines is 1. The van der Waals surface area contributed by atoms with E-state index in [1.807, 2.05) is 18.2 Å². The molecule has 1 fully saturated rings. The van der Waals surface area contributed by atoms with Crippen LogP contribution in [-0.2, 0) is 4.74 Å². The van der Waals surface area contributed by atoms with Crippen molar-refractivity contribution >= 4 is 17.6 Å². The highest BCUT2D eigenvalue weighted by molar-refractivity contribution is 5.69. The lowest BCUT2D eigenvalue weighted by Gasteiger charge is -2.23. The molecular formula is C19H22N6O3. The van der Waals surface area contributed by atoms with Gasteiger partial charge in [0.25, 0.3) is 0 Å². The number of hydrogen-bond acceptors (Lipinski definition) is 7. The standard InChI is InChI=1S/C19H22N6O3/c1-27-16-12-20-8-7-14(16)15-11-22-18-6-5-17(23-25(15)18)21-10-13-4-3-9-24(13)19(26)28-2/h5-8,11-13H,3-4,9-10H2,1-2H3,(H,21,23). The van der Waals surface area contributed by atoms with Crippen LogP contribution in [-0.4, -0.2) is 63.9 Å². The van der Waals surface area contributed by atoms with Gasteiger partial charge in [-0.3, -0.25) is 4.98 Å². The van der Waals surface area contributed by atoms with Crippen molar-refractivity contribution in [3.8, 4) is 17.0 Å². The largest absolute Gasteiger partial charge is 0.494 e. The molecule has 0 aromatic carbocycles. The average molecular weight is 382 g/mol. The quantitative estimate of drug-likeness (QED) is 0.724. The van der Waals surface area contributed by atoms with Gasteiger partial charge < -0.3 is 19.7 Å². The number of nitrogens with one attached hydrogen (secondary N) is 1. The number of aromatic nitrogens is 4. The van der Waals surface area contributed by atoms with E-state index in [-0.39, 0.29) is 12.1 Å². The second-order valence-electron chi connectivity index (χ2n) is 6.55. The van der Waals surface area contributed by atoms with Gasteiger partial charge in [0.15, 0.2) is 5.65 Å². The number of amides is 1. The van der Waals surface area contributed by atoms with Gasteiger partial charge in [-0.25, -0.2) is 14.3 Å². The van der Waals surface area contributed by atoms with Crippen LogP contribution >= 0.6 is 0 Å². The summed E-state index contributed by atoms with van der Waals surface area (Å²) in [6.07, 6.45) is 6.77. The summed E-state index contributed by atoms with van der Waals surface area (Å²) in [5.74, 6) is 1.36. The molecule has 0 saturated carbocycles. The second kappa shape index (κ2) is 7.71. The maximum absolute atomic E-state index is 11.9. The maximum Gasteiger partial charge on any atom is 0.409 e. The van der Waals surface area contributed by atoms with E-state index in [2.05, 4.69) is 20.4 Å². The number of ether oxygens (including phenoxy) is 2. The number of likely N-dealkylation sites (tertiary alicyclic amines) is 1. The first kappa shape index (κ1) is 18.0. The molecule has 0 aliphatic carbocycles. The molecule has 0 bridgehead atoms. The Kier molecular flexibility index (Phi) is 4.96. The molecule has 4 heterocycles. The van der Waals surface area contributed by atoms with Crippen molar-refractivity contribution in [2.75, 3.05) is 32.6 Å². The molecule has 1 N–H and O–H groups in total. The van der Waals surface area contributed by atoms with Gasteiger partial charge in [-0.1, -0.05) is 0 Å². The highest BCUT2D eigenvalue weighted by Crippen LogP contribution is 2.29. The molecule has 1 saturated heterocycles. The molecule has 1 atom stereocenters. The third kappa shape index (κ3) is 3.30. The van der Waals surface area contributed by atoms with Crippen molar-refractivity contribution in [1.29, 1.82) is 0 Å². The van der Waals surface area contributed by atoms with Gasteiger partial charge in [0.2, 0.25) is 0 Å². The van der Waals surface area contributed by atoms with Crippen LogP contribution < -0.4 is 10.1 Å². The van der Waals surface area contributed by atoms with Crippen molar-refractivity contribution in [2.24, 2.45) is 0 Å². The third-order valence-corrected chi connectivity index (χ3v) is 4.95. The topological polar surface area (TPSA) is 93.9 Å². The monoisotopic (exact) mass is 382 g/mol. The van der Waals surface area contributed by atoms with Crippen molar-refractivity contribution in [1.82, 2.24) is 24.5 Å². The summed E-state index contributed by atoms with van der Waals surface area (Å²) in [5.41, 5.74) is 2.41. The molecule has 1 aliphatic rings. The molecule has 146 valence electrons. The normalized spacial score (nSPS) is 16.4. The summed E-state index contributed by atoms with van der Waals surface area (Å²) >= 11 is 0. The fraction of sp³-hybridized carbons (Fsp3) is 0.368. The first-order valence-corrected chi connectivity index (χ1v) is 9.13. The zero-order valence-electron chi connectivity index (χ0n) is 15.8. The van der Waals surface area contributed by atoms with E-state index in [1.165, 1.54) is 7.11 Å². The van der Waals surface area contributed by atoms with Gasteiger partial charge in [0, 0.05) is 24.8 Å². The van der Waals surface area contributed by atoms with Crippen LogP contribution in [0.4, 0.5) is 10.6 Å². The van der Waals surface area contributed by atoms with Crippen LogP contribution in [0.2, 0.25) is 0 Å². The lowest BCUT2D eigenvalue weighted by atomic mass is 10.2. The molecule has 1 aliphatic heterocycles. The average Bonchev–Trinajstić information content (AvgIpc) is 3.38. The number of carbonyl (C=O) groups excluding carboxylic acids is 1. The summed E-state index contributed by atoms with van der Waals surface area (Å²) in [5, 5.41) is 8.00. The molecule has 28 heavy (non-hydrogen) atoms. The van der Waals surface area contributed by atoms with Crippen LogP contribution in [0.5, 0.6) is 5.75 Å². The molecule has 9 heteroatoms. The van der Waals surface area contributed by atoms with Gasteiger partial charge >= 0.3 is 6.09 Å². The van der Waals surface area contributed by atoms with Crippen molar-refractivity contribution < 1.29 is 14.3 Å². The Morgan fingerprint density at radius 2 is 2.18 bits per heavy atom. The minimum absolute atomic E-state index is 0.0903. The highest BCUT2D eigenvalue weighted by Gasteiger charge is 2.29. The first-order valence-electron chi connectivity index (χ1n) is 9.13. The lowest BCUT2D eigenvalue weighted by molar-refractivity contribution is 0.120. The van der Waals surface area contributed by atoms with E-state index in [1.54, 1.807) is 35.1 Å². The van der Waals surface area contributed by atoms with Gasteiger partial charge in [-0.05, 0) is 31.0 Å². The third-order valence-electron chi connectivity index (χ3n) is 4.95. The number of rotatable bonds is 5. The predicted molar refractivity (Wildman–Crippen MR) is 103 cm³/mol. The number of imidazole rings is 1. The van der Waals surface area contributed by atoms with Gasteiger partial charge in [0.1, 0.15) is 11.6 Å². The van der Waals surface area contributed by atoms with E-state index in [0.29, 0.717) is 18.1 Å². The predicted octanol–water partition coefficient (Wildman–Crippen LogP) is 2.44. The van der Waals surface area contributed by atoms with Crippen LogP contribution in [0.15, 0.2) is 36.8 Å². The molecule has 0 radical (unpaired) electrons. The maximum atomic E-state index is 11.9. The number of fused-ring (bicyclic) bond motifs is 1. The van der Waals surface area contributed by atoms with Crippen LogP contribution in [0, 0.1) is 0 Å². The fourth-order valence-corrected chi connectivity index (χ4v) is 3.53. The molecule has 4 rings (SSSR count). The Bertz CT molecular complexity index is 989. The number of methoxy groups -OCH3 is 2. The summed E-state index contributed by atoms with van der Waals surface area (Å²) in [7, 11) is 3.02. The van der Waals surface area contributed by atoms with Gasteiger partial charge in [-0.2, -0.15) is 0 Å². The van der Waals surface area contributed by atoms with Crippen molar-refractivity contribution in [3.63, 3.8) is 0 Å². The summed E-state index contributed by atoms with van der Waals surface area (Å²) in [6.45, 7) is 1.33. The first-order chi connectivity index (χ1) is 13.7. The lowest BCUT2D eigenvalue weighted by Crippen LogP contribution is -2.39. The molecule has 3 aromatic heterocycles. The van der Waals surface area contributed by atoms with E-state index < -0.39 is 0 Å². The molecular weight excluding hydrogens is 360 g/mol. The number of nitrogens with zero attached hydrogens (tertiary/aromatic N) is 5. The van der Waals surface area contributed by atoms with Crippen LogP contribution in [0.3, 0.4) is 0 Å². The number of hydrogen-bond donors (Lipinski definition) is 1. The minimum Gasteiger partial charge on any atom is -0.494 e. The highest BCUT2D eigenvalue weighted by atomic mass is 16.5. The molecule has 1 unspecified atom stereocenters. The molecule has 1 amide bonds. The van der Waals surface area contributed by atoms with Crippen molar-refractivity contribution in [2.45, 2.75) is 18.9 Å². The summed E-state index contributed by atoms with van der Waals surface area (Å²) < 4.78 is 12.0. The Morgan fingerprint density at radius 3 is 3.00 bits per heavy atom. The minimum atomic E-state index is -0.283. The molecule has 3 aromatic rings. The van der Waals surface area contributed by atoms with Crippen LogP contribution in [0.25, 0.3) is 16.9 Å². The Labute approximate surface area is 162 Å². The van der Waals surface area contributed by atoms with E-state index >= 15 is 0 Å². The van der Waals surface area contributed by atoms with Gasteiger partial charge in [-0.15, -0.1) is 5.10 Å². The number of carbonyl (C=O) groups is 1. The van der Waals surface area contributed by atoms with Gasteiger partial charge in [0.05, 0.1) is 38.3 Å². The second-order valence-corrected chi connectivity index (χ2v) is 6.55. The fourth-order valence-electron chi connectivity index (χ4n) is 3.53. The zero-order valence-corrected chi connectivity index (χ0v) is 15.8. The summed E-state index contributed by atoms with van der Waals surface area (Å²) in [6, 6.07) is 5.75. The van der Waals surface area contributed by atoms with Crippen molar-refractivity contribution in [3.05, 3.63) is 36.8 Å².